The number of hydrogen-bond acceptors (Lipinski definition) is 6. The largest absolute Gasteiger partial charge is 0.324 e. The molecule has 8 heteroatoms. The highest BCUT2D eigenvalue weighted by Gasteiger charge is 2.36. The van der Waals surface area contributed by atoms with Crippen molar-refractivity contribution in [2.75, 3.05) is 0 Å². The number of aliphatic imine (C=N–C) groups is 1. The smallest absolute Gasteiger partial charge is 0.245 e. The molecule has 1 atom stereocenters. The highest BCUT2D eigenvalue weighted by molar-refractivity contribution is 7.10. The summed E-state index contributed by atoms with van der Waals surface area (Å²) < 4.78 is 1.70. The molecule has 2 N–H and O–H groups in total. The van der Waals surface area contributed by atoms with Crippen molar-refractivity contribution in [1.82, 2.24) is 25.4 Å². The number of pyridine rings is 1. The molecule has 0 bridgehead atoms. The maximum Gasteiger partial charge on any atom is 0.245 e. The zero-order valence-corrected chi connectivity index (χ0v) is 14.6. The number of nitrogens with zero attached hydrogens (tertiary/aromatic N) is 4. The molecular formula is C18H16N6OS. The van der Waals surface area contributed by atoms with E-state index in [4.69, 9.17) is 0 Å². The van der Waals surface area contributed by atoms with Gasteiger partial charge in [0.25, 0.3) is 0 Å². The van der Waals surface area contributed by atoms with E-state index in [0.29, 0.717) is 0 Å². The van der Waals surface area contributed by atoms with Crippen LogP contribution in [0.3, 0.4) is 0 Å². The Bertz CT molecular complexity index is 933. The van der Waals surface area contributed by atoms with E-state index in [-0.39, 0.29) is 12.3 Å². The van der Waals surface area contributed by atoms with Crippen LogP contribution in [0.2, 0.25) is 0 Å². The quantitative estimate of drug-likeness (QED) is 0.725. The lowest BCUT2D eigenvalue weighted by atomic mass is 10.1. The molecule has 3 aromatic heterocycles. The molecule has 0 spiro atoms. The number of allylic oxidation sites excluding steroid dienone is 1. The summed E-state index contributed by atoms with van der Waals surface area (Å²) in [5, 5.41) is 12.5. The van der Waals surface area contributed by atoms with Crippen LogP contribution < -0.4 is 10.6 Å². The van der Waals surface area contributed by atoms with E-state index in [1.54, 1.807) is 29.5 Å². The van der Waals surface area contributed by atoms with E-state index in [2.05, 4.69) is 25.7 Å². The molecule has 1 aliphatic heterocycles. The predicted molar refractivity (Wildman–Crippen MR) is 100 cm³/mol. The van der Waals surface area contributed by atoms with Gasteiger partial charge in [0.1, 0.15) is 5.82 Å². The van der Waals surface area contributed by atoms with Crippen LogP contribution in [-0.2, 0) is 17.0 Å². The lowest BCUT2D eigenvalue weighted by molar-refractivity contribution is -0.122. The standard InChI is InChI=1S/C18H16N6OS/c25-17(12-14-4-1-7-19-13-14)23-18(15-5-2-11-26-15)20-9-6-16(22-18)24-10-3-8-21-24/h1-11,13,22H,12H2,(H,23,25). The summed E-state index contributed by atoms with van der Waals surface area (Å²) in [5.41, 5.74) is 0.842. The normalized spacial score (nSPS) is 18.8. The molecule has 7 nitrogen and oxygen atoms in total. The number of carbonyl (C=O) groups excluding carboxylic acids is 1. The molecule has 0 saturated carbocycles. The number of hydrogen-bond donors (Lipinski definition) is 2. The third-order valence-electron chi connectivity index (χ3n) is 3.85. The van der Waals surface area contributed by atoms with Crippen LogP contribution in [0.25, 0.3) is 5.82 Å². The zero-order chi connectivity index (χ0) is 17.8. The lowest BCUT2D eigenvalue weighted by Gasteiger charge is -2.34. The Morgan fingerprint density at radius 1 is 1.27 bits per heavy atom. The Hall–Kier alpha value is -3.26. The summed E-state index contributed by atoms with van der Waals surface area (Å²) in [4.78, 5) is 22.2. The van der Waals surface area contributed by atoms with Crippen LogP contribution in [0.4, 0.5) is 0 Å². The van der Waals surface area contributed by atoms with Gasteiger partial charge in [-0.25, -0.2) is 9.67 Å². The van der Waals surface area contributed by atoms with E-state index in [9.17, 15) is 4.79 Å². The second-order valence-electron chi connectivity index (χ2n) is 5.68. The highest BCUT2D eigenvalue weighted by atomic mass is 32.1. The molecule has 1 aliphatic rings. The molecule has 0 fully saturated rings. The maximum absolute atomic E-state index is 12.7. The fourth-order valence-electron chi connectivity index (χ4n) is 2.69. The first-order valence-corrected chi connectivity index (χ1v) is 8.91. The van der Waals surface area contributed by atoms with Crippen LogP contribution in [0.15, 0.2) is 71.6 Å². The minimum atomic E-state index is -1.07. The van der Waals surface area contributed by atoms with Gasteiger partial charge in [-0.2, -0.15) is 5.10 Å². The Balaban J connectivity index is 1.60. The molecule has 130 valence electrons. The first kappa shape index (κ1) is 16.2. The van der Waals surface area contributed by atoms with Gasteiger partial charge < -0.3 is 10.6 Å². The van der Waals surface area contributed by atoms with E-state index >= 15 is 0 Å². The second-order valence-corrected chi connectivity index (χ2v) is 6.63. The van der Waals surface area contributed by atoms with E-state index in [1.807, 2.05) is 48.0 Å². The Labute approximate surface area is 154 Å². The molecule has 3 aromatic rings. The van der Waals surface area contributed by atoms with Crippen molar-refractivity contribution in [1.29, 1.82) is 0 Å². The minimum Gasteiger partial charge on any atom is -0.324 e. The van der Waals surface area contributed by atoms with Gasteiger partial charge in [0, 0.05) is 31.0 Å². The number of thiophene rings is 1. The second kappa shape index (κ2) is 6.93. The molecule has 26 heavy (non-hydrogen) atoms. The average molecular weight is 364 g/mol. The van der Waals surface area contributed by atoms with Crippen LogP contribution in [0.1, 0.15) is 10.4 Å². The van der Waals surface area contributed by atoms with E-state index in [1.165, 1.54) is 11.3 Å². The molecule has 0 aromatic carbocycles. The molecule has 0 radical (unpaired) electrons. The molecule has 1 amide bonds. The maximum atomic E-state index is 12.7. The molecule has 1 unspecified atom stereocenters. The summed E-state index contributed by atoms with van der Waals surface area (Å²) in [6.45, 7) is 0. The van der Waals surface area contributed by atoms with Crippen LogP contribution in [0, 0.1) is 0 Å². The fraction of sp³-hybridized carbons (Fsp3) is 0.111. The first-order chi connectivity index (χ1) is 12.8. The van der Waals surface area contributed by atoms with Crippen molar-refractivity contribution in [3.8, 4) is 0 Å². The van der Waals surface area contributed by atoms with Gasteiger partial charge in [-0.1, -0.05) is 12.1 Å². The van der Waals surface area contributed by atoms with Gasteiger partial charge in [0.15, 0.2) is 0 Å². The van der Waals surface area contributed by atoms with Crippen molar-refractivity contribution >= 4 is 29.3 Å². The Morgan fingerprint density at radius 3 is 2.96 bits per heavy atom. The van der Waals surface area contributed by atoms with Crippen LogP contribution >= 0.6 is 11.3 Å². The van der Waals surface area contributed by atoms with Gasteiger partial charge in [-0.3, -0.25) is 9.78 Å². The zero-order valence-electron chi connectivity index (χ0n) is 13.7. The number of rotatable bonds is 5. The van der Waals surface area contributed by atoms with Crippen molar-refractivity contribution in [3.63, 3.8) is 0 Å². The molecular weight excluding hydrogens is 348 g/mol. The van der Waals surface area contributed by atoms with E-state index < -0.39 is 5.79 Å². The first-order valence-electron chi connectivity index (χ1n) is 8.03. The van der Waals surface area contributed by atoms with Crippen molar-refractivity contribution < 1.29 is 4.79 Å². The van der Waals surface area contributed by atoms with Gasteiger partial charge in [-0.05, 0) is 35.2 Å². The van der Waals surface area contributed by atoms with Gasteiger partial charge >= 0.3 is 0 Å². The SMILES string of the molecule is O=C(Cc1cccnc1)NC1(c2cccs2)N=CC=C(n2cccn2)N1. The third-order valence-corrected chi connectivity index (χ3v) is 4.82. The highest BCUT2D eigenvalue weighted by Crippen LogP contribution is 2.28. The number of amides is 1. The molecule has 4 rings (SSSR count). The Morgan fingerprint density at radius 2 is 2.23 bits per heavy atom. The Kier molecular flexibility index (Phi) is 4.32. The summed E-state index contributed by atoms with van der Waals surface area (Å²) in [6.07, 6.45) is 10.6. The molecule has 0 saturated heterocycles. The van der Waals surface area contributed by atoms with Crippen molar-refractivity contribution in [3.05, 3.63) is 77.0 Å². The van der Waals surface area contributed by atoms with Gasteiger partial charge in [-0.15, -0.1) is 11.3 Å². The summed E-state index contributed by atoms with van der Waals surface area (Å²) >= 11 is 1.52. The summed E-state index contributed by atoms with van der Waals surface area (Å²) in [7, 11) is 0. The van der Waals surface area contributed by atoms with Gasteiger partial charge in [0.2, 0.25) is 11.7 Å². The van der Waals surface area contributed by atoms with Crippen molar-refractivity contribution in [2.24, 2.45) is 4.99 Å². The predicted octanol–water partition coefficient (Wildman–Crippen LogP) is 1.98. The topological polar surface area (TPSA) is 84.2 Å². The number of carbonyl (C=O) groups is 1. The monoisotopic (exact) mass is 364 g/mol. The summed E-state index contributed by atoms with van der Waals surface area (Å²) in [5.74, 6) is -0.499. The number of nitrogens with one attached hydrogen (secondary N) is 2. The molecule has 4 heterocycles. The fourth-order valence-corrected chi connectivity index (χ4v) is 3.48. The van der Waals surface area contributed by atoms with Crippen molar-refractivity contribution in [2.45, 2.75) is 12.2 Å². The average Bonchev–Trinajstić information content (AvgIpc) is 3.37. The third kappa shape index (κ3) is 3.27. The number of aromatic nitrogens is 3. The van der Waals surface area contributed by atoms with Crippen LogP contribution in [0.5, 0.6) is 0 Å². The molecule has 0 aliphatic carbocycles. The minimum absolute atomic E-state index is 0.155. The van der Waals surface area contributed by atoms with E-state index in [0.717, 1.165) is 16.3 Å². The van der Waals surface area contributed by atoms with Crippen LogP contribution in [-0.4, -0.2) is 26.9 Å². The lowest BCUT2D eigenvalue weighted by Crippen LogP contribution is -2.55. The summed E-state index contributed by atoms with van der Waals surface area (Å²) in [6, 6.07) is 9.38. The van der Waals surface area contributed by atoms with Gasteiger partial charge in [0.05, 0.1) is 11.3 Å².